The van der Waals surface area contributed by atoms with Gasteiger partial charge in [0.25, 0.3) is 6.71 Å². The van der Waals surface area contributed by atoms with Crippen LogP contribution in [-0.4, -0.2) is 6.71 Å². The summed E-state index contributed by atoms with van der Waals surface area (Å²) in [5.41, 5.74) is -2.08. The lowest BCUT2D eigenvalue weighted by atomic mass is 9.33. The van der Waals surface area contributed by atoms with Crippen LogP contribution in [0.1, 0.15) is 65.8 Å². The SMILES string of the molecule is FC(F)(F)c1ccc(N2c3ccc(C(F)(F)F)cc3B3c4cc(C(F)(F)F)ccc4N(c4ccc(C(F)(F)F)cc4)c4cc(C5CCCCC5)cc2c43)cc1. The van der Waals surface area contributed by atoms with Gasteiger partial charge in [-0.05, 0) is 126 Å². The number of nitrogens with zero attached hydrogens (tertiary/aromatic N) is 2. The van der Waals surface area contributed by atoms with E-state index in [2.05, 4.69) is 0 Å². The molecular formula is C40H27BF12N2. The van der Waals surface area contributed by atoms with Crippen LogP contribution in [0.5, 0.6) is 0 Å². The summed E-state index contributed by atoms with van der Waals surface area (Å²) in [6.07, 6.45) is -14.9. The van der Waals surface area contributed by atoms with Crippen molar-refractivity contribution >= 4 is 57.2 Å². The van der Waals surface area contributed by atoms with Crippen LogP contribution in [-0.2, 0) is 24.7 Å². The highest BCUT2D eigenvalue weighted by Gasteiger charge is 2.47. The molecule has 0 N–H and O–H groups in total. The van der Waals surface area contributed by atoms with Gasteiger partial charge in [0.1, 0.15) is 0 Å². The number of hydrogen-bond acceptors (Lipinski definition) is 2. The van der Waals surface area contributed by atoms with E-state index in [1.54, 1.807) is 12.1 Å². The average Bonchev–Trinajstić information content (AvgIpc) is 3.13. The summed E-state index contributed by atoms with van der Waals surface area (Å²) < 4.78 is 168. The normalized spacial score (nSPS) is 16.2. The summed E-state index contributed by atoms with van der Waals surface area (Å²) in [5, 5.41) is 0. The Kier molecular flexibility index (Phi) is 8.54. The maximum atomic E-state index is 14.4. The number of rotatable bonds is 3. The Labute approximate surface area is 307 Å². The second-order valence-electron chi connectivity index (χ2n) is 14.0. The average molecular weight is 774 g/mol. The van der Waals surface area contributed by atoms with Gasteiger partial charge in [-0.2, -0.15) is 52.7 Å². The van der Waals surface area contributed by atoms with Crippen LogP contribution in [0, 0.1) is 0 Å². The highest BCUT2D eigenvalue weighted by molar-refractivity contribution is 7.00. The monoisotopic (exact) mass is 774 g/mol. The van der Waals surface area contributed by atoms with E-state index in [1.807, 2.05) is 0 Å². The zero-order valence-corrected chi connectivity index (χ0v) is 28.4. The van der Waals surface area contributed by atoms with Gasteiger partial charge < -0.3 is 9.80 Å². The lowest BCUT2D eigenvalue weighted by Gasteiger charge is -2.45. The van der Waals surface area contributed by atoms with Crippen molar-refractivity contribution in [2.45, 2.75) is 62.7 Å². The first-order chi connectivity index (χ1) is 25.8. The summed E-state index contributed by atoms with van der Waals surface area (Å²) in [6, 6.07) is 17.3. The van der Waals surface area contributed by atoms with E-state index in [1.165, 1.54) is 46.2 Å². The van der Waals surface area contributed by atoms with Gasteiger partial charge in [-0.3, -0.25) is 0 Å². The van der Waals surface area contributed by atoms with Gasteiger partial charge in [0, 0.05) is 34.1 Å². The Morgan fingerprint density at radius 1 is 0.418 bits per heavy atom. The van der Waals surface area contributed by atoms with Crippen LogP contribution in [0.3, 0.4) is 0 Å². The smallest absolute Gasteiger partial charge is 0.311 e. The van der Waals surface area contributed by atoms with Crippen LogP contribution in [0.25, 0.3) is 0 Å². The molecule has 0 unspecified atom stereocenters. The molecule has 0 amide bonds. The van der Waals surface area contributed by atoms with Crippen LogP contribution in [0.15, 0.2) is 97.1 Å². The molecule has 2 heterocycles. The summed E-state index contributed by atoms with van der Waals surface area (Å²) in [7, 11) is 0. The van der Waals surface area contributed by atoms with E-state index < -0.39 is 53.7 Å². The van der Waals surface area contributed by atoms with Crippen molar-refractivity contribution in [1.82, 2.24) is 0 Å². The van der Waals surface area contributed by atoms with E-state index in [4.69, 9.17) is 0 Å². The molecule has 0 aromatic heterocycles. The minimum Gasteiger partial charge on any atom is -0.311 e. The highest BCUT2D eigenvalue weighted by atomic mass is 19.4. The second-order valence-corrected chi connectivity index (χ2v) is 14.0. The fourth-order valence-electron chi connectivity index (χ4n) is 8.21. The Bertz CT molecular complexity index is 2120. The van der Waals surface area contributed by atoms with E-state index in [-0.39, 0.29) is 45.1 Å². The third-order valence-corrected chi connectivity index (χ3v) is 10.7. The van der Waals surface area contributed by atoms with E-state index in [9.17, 15) is 52.7 Å². The first-order valence-corrected chi connectivity index (χ1v) is 17.4. The molecule has 1 fully saturated rings. The van der Waals surface area contributed by atoms with E-state index in [0.29, 0.717) is 11.4 Å². The Balaban J connectivity index is 1.47. The zero-order chi connectivity index (χ0) is 39.2. The maximum Gasteiger partial charge on any atom is 0.416 e. The molecule has 0 radical (unpaired) electrons. The number of benzene rings is 5. The van der Waals surface area contributed by atoms with Crippen LogP contribution in [0.4, 0.5) is 86.8 Å². The lowest BCUT2D eigenvalue weighted by Crippen LogP contribution is -2.61. The van der Waals surface area contributed by atoms with Crippen molar-refractivity contribution in [3.63, 3.8) is 0 Å². The lowest BCUT2D eigenvalue weighted by molar-refractivity contribution is -0.138. The molecule has 15 heteroatoms. The molecule has 0 saturated heterocycles. The maximum absolute atomic E-state index is 14.4. The quantitative estimate of drug-likeness (QED) is 0.130. The Morgan fingerprint density at radius 3 is 1.15 bits per heavy atom. The summed E-state index contributed by atoms with van der Waals surface area (Å²) >= 11 is 0. The molecule has 0 atom stereocenters. The molecular weight excluding hydrogens is 747 g/mol. The number of anilines is 6. The predicted molar refractivity (Wildman–Crippen MR) is 186 cm³/mol. The number of halogens is 12. The third kappa shape index (κ3) is 6.48. The van der Waals surface area contributed by atoms with E-state index >= 15 is 0 Å². The van der Waals surface area contributed by atoms with Gasteiger partial charge in [-0.25, -0.2) is 0 Å². The minimum absolute atomic E-state index is 0.0272. The number of alkyl halides is 12. The molecule has 1 saturated carbocycles. The molecule has 0 spiro atoms. The molecule has 3 aliphatic rings. The minimum atomic E-state index is -4.88. The number of hydrogen-bond donors (Lipinski definition) is 0. The van der Waals surface area contributed by atoms with Gasteiger partial charge >= 0.3 is 24.7 Å². The third-order valence-electron chi connectivity index (χ3n) is 10.7. The molecule has 5 aromatic rings. The van der Waals surface area contributed by atoms with Gasteiger partial charge in [0.15, 0.2) is 0 Å². The first-order valence-electron chi connectivity index (χ1n) is 17.4. The molecule has 2 nitrogen and oxygen atoms in total. The molecule has 284 valence electrons. The van der Waals surface area contributed by atoms with Gasteiger partial charge in [0.05, 0.1) is 22.3 Å². The van der Waals surface area contributed by atoms with Crippen molar-refractivity contribution in [2.75, 3.05) is 9.80 Å². The van der Waals surface area contributed by atoms with Crippen LogP contribution in [0.2, 0.25) is 0 Å². The van der Waals surface area contributed by atoms with Crippen LogP contribution >= 0.6 is 0 Å². The molecule has 1 aliphatic carbocycles. The fraction of sp³-hybridized carbons (Fsp3) is 0.250. The molecule has 8 rings (SSSR count). The van der Waals surface area contributed by atoms with Gasteiger partial charge in [-0.1, -0.05) is 31.4 Å². The molecule has 0 bridgehead atoms. The second kappa shape index (κ2) is 12.7. The Morgan fingerprint density at radius 2 is 0.782 bits per heavy atom. The zero-order valence-electron chi connectivity index (χ0n) is 28.4. The van der Waals surface area contributed by atoms with E-state index in [0.717, 1.165) is 86.2 Å². The largest absolute Gasteiger partial charge is 0.416 e. The fourth-order valence-corrected chi connectivity index (χ4v) is 8.21. The summed E-state index contributed by atoms with van der Waals surface area (Å²) in [5.74, 6) is -0.0272. The first kappa shape index (κ1) is 36.9. The molecule has 55 heavy (non-hydrogen) atoms. The molecule has 5 aromatic carbocycles. The van der Waals surface area contributed by atoms with Crippen molar-refractivity contribution in [1.29, 1.82) is 0 Å². The van der Waals surface area contributed by atoms with Gasteiger partial charge in [0.2, 0.25) is 0 Å². The number of fused-ring (bicyclic) bond motifs is 4. The Hall–Kier alpha value is -5.08. The standard InChI is InChI=1S/C40H27BF12N2/c42-37(43,44)24-6-12-28(13-7-24)54-32-16-10-26(39(48,49)50)20-30(32)41-31-21-27(40(51,52)53)11-17-33(31)55(29-14-8-25(9-15-29)38(45,46)47)35-19-23(18-34(54)36(35)41)22-4-2-1-3-5-22/h6-22H,1-5H2. The van der Waals surface area contributed by atoms with Gasteiger partial charge in [-0.15, -0.1) is 0 Å². The molecule has 2 aliphatic heterocycles. The van der Waals surface area contributed by atoms with Crippen LogP contribution < -0.4 is 26.2 Å². The van der Waals surface area contributed by atoms with Crippen molar-refractivity contribution in [2.24, 2.45) is 0 Å². The highest BCUT2D eigenvalue weighted by Crippen LogP contribution is 2.48. The summed E-state index contributed by atoms with van der Waals surface area (Å²) in [4.78, 5) is 3.03. The van der Waals surface area contributed by atoms with Crippen molar-refractivity contribution < 1.29 is 52.7 Å². The summed E-state index contributed by atoms with van der Waals surface area (Å²) in [6.45, 7) is -1.25. The van der Waals surface area contributed by atoms with Crippen molar-refractivity contribution in [3.05, 3.63) is 125 Å². The van der Waals surface area contributed by atoms with Crippen molar-refractivity contribution in [3.8, 4) is 0 Å². The predicted octanol–water partition coefficient (Wildman–Crippen LogP) is 11.9. The topological polar surface area (TPSA) is 6.48 Å².